The number of anilines is 1. The minimum absolute atomic E-state index is 0.109. The molecular weight excluding hydrogens is 379 g/mol. The summed E-state index contributed by atoms with van der Waals surface area (Å²) in [6, 6.07) is 6.92. The molecule has 1 aromatic heterocycles. The minimum Gasteiger partial charge on any atom is -0.367 e. The first-order valence-corrected chi connectivity index (χ1v) is 9.21. The number of nitrogens with zero attached hydrogens (tertiary/aromatic N) is 2. The molecule has 0 N–H and O–H groups in total. The normalized spacial score (nSPS) is 15.9. The number of Topliss-reactive ketones (excluding diaryl/α,β-unsaturated/α-hetero) is 1. The molecule has 2 heterocycles. The Bertz CT molecular complexity index is 710. The predicted molar refractivity (Wildman–Crippen MR) is 95.9 cm³/mol. The van der Waals surface area contributed by atoms with Gasteiger partial charge in [0.2, 0.25) is 0 Å². The average Bonchev–Trinajstić information content (AvgIpc) is 2.93. The highest BCUT2D eigenvalue weighted by atomic mass is 79.9. The van der Waals surface area contributed by atoms with E-state index in [2.05, 4.69) is 37.2 Å². The number of hydrogen-bond donors (Lipinski definition) is 0. The van der Waals surface area contributed by atoms with E-state index >= 15 is 0 Å². The second-order valence-electron chi connectivity index (χ2n) is 5.72. The van der Waals surface area contributed by atoms with E-state index in [1.165, 1.54) is 17.9 Å². The first-order chi connectivity index (χ1) is 11.0. The summed E-state index contributed by atoms with van der Waals surface area (Å²) < 4.78 is 15.4. The van der Waals surface area contributed by atoms with Crippen molar-refractivity contribution in [3.63, 3.8) is 0 Å². The van der Waals surface area contributed by atoms with Crippen molar-refractivity contribution in [3.8, 4) is 0 Å². The number of piperazine rings is 1. The lowest BCUT2D eigenvalue weighted by Crippen LogP contribution is -2.46. The molecule has 1 aliphatic rings. The zero-order chi connectivity index (χ0) is 16.4. The number of benzene rings is 1. The smallest absolute Gasteiger partial charge is 0.159 e. The van der Waals surface area contributed by atoms with E-state index in [1.54, 1.807) is 23.5 Å². The fourth-order valence-electron chi connectivity index (χ4n) is 2.79. The molecule has 0 amide bonds. The zero-order valence-corrected chi connectivity index (χ0v) is 15.3. The van der Waals surface area contributed by atoms with Crippen LogP contribution in [0.2, 0.25) is 0 Å². The maximum absolute atomic E-state index is 14.2. The van der Waals surface area contributed by atoms with Crippen LogP contribution in [0.3, 0.4) is 0 Å². The number of carbonyl (C=O) groups excluding carboxylic acids is 1. The van der Waals surface area contributed by atoms with Crippen LogP contribution in [0.15, 0.2) is 34.1 Å². The lowest BCUT2D eigenvalue weighted by molar-refractivity contribution is 0.101. The van der Waals surface area contributed by atoms with Gasteiger partial charge in [-0.3, -0.25) is 9.69 Å². The van der Waals surface area contributed by atoms with E-state index < -0.39 is 0 Å². The molecule has 1 aromatic carbocycles. The Balaban J connectivity index is 1.61. The SMILES string of the molecule is CC(=O)c1ccc(N2CCN(Cc3cc(Br)cs3)CC2)c(F)c1. The van der Waals surface area contributed by atoms with Gasteiger partial charge in [-0.1, -0.05) is 0 Å². The van der Waals surface area contributed by atoms with Crippen molar-refractivity contribution in [1.82, 2.24) is 4.90 Å². The molecule has 1 saturated heterocycles. The highest BCUT2D eigenvalue weighted by Crippen LogP contribution is 2.24. The third kappa shape index (κ3) is 4.00. The number of rotatable bonds is 4. The number of hydrogen-bond acceptors (Lipinski definition) is 4. The predicted octanol–water partition coefficient (Wildman–Crippen LogP) is 4.17. The molecule has 23 heavy (non-hydrogen) atoms. The van der Waals surface area contributed by atoms with Crippen molar-refractivity contribution in [2.75, 3.05) is 31.1 Å². The molecule has 6 heteroatoms. The van der Waals surface area contributed by atoms with Crippen LogP contribution in [-0.4, -0.2) is 36.9 Å². The summed E-state index contributed by atoms with van der Waals surface area (Å²) >= 11 is 5.23. The van der Waals surface area contributed by atoms with Gasteiger partial charge in [0.1, 0.15) is 5.82 Å². The third-order valence-electron chi connectivity index (χ3n) is 4.07. The fourth-order valence-corrected chi connectivity index (χ4v) is 4.28. The second-order valence-corrected chi connectivity index (χ2v) is 7.63. The van der Waals surface area contributed by atoms with Crippen LogP contribution in [0.5, 0.6) is 0 Å². The summed E-state index contributed by atoms with van der Waals surface area (Å²) in [6.45, 7) is 5.80. The van der Waals surface area contributed by atoms with Gasteiger partial charge in [-0.05, 0) is 47.1 Å². The summed E-state index contributed by atoms with van der Waals surface area (Å²) in [7, 11) is 0. The van der Waals surface area contributed by atoms with Crippen LogP contribution in [-0.2, 0) is 6.54 Å². The highest BCUT2D eigenvalue weighted by Gasteiger charge is 2.20. The van der Waals surface area contributed by atoms with Gasteiger partial charge in [0.05, 0.1) is 5.69 Å². The minimum atomic E-state index is -0.312. The lowest BCUT2D eigenvalue weighted by atomic mass is 10.1. The van der Waals surface area contributed by atoms with Crippen molar-refractivity contribution < 1.29 is 9.18 Å². The standard InChI is InChI=1S/C17H18BrFN2OS/c1-12(22)13-2-3-17(16(19)8-13)21-6-4-20(5-7-21)10-15-9-14(18)11-23-15/h2-3,8-9,11H,4-7,10H2,1H3. The number of thiophene rings is 1. The van der Waals surface area contributed by atoms with Gasteiger partial charge >= 0.3 is 0 Å². The third-order valence-corrected chi connectivity index (χ3v) is 5.75. The van der Waals surface area contributed by atoms with Gasteiger partial charge in [0, 0.05) is 53.0 Å². The summed E-state index contributed by atoms with van der Waals surface area (Å²) in [6.07, 6.45) is 0. The van der Waals surface area contributed by atoms with Crippen molar-refractivity contribution in [1.29, 1.82) is 0 Å². The Morgan fingerprint density at radius 3 is 2.57 bits per heavy atom. The average molecular weight is 397 g/mol. The van der Waals surface area contributed by atoms with Crippen molar-refractivity contribution in [2.45, 2.75) is 13.5 Å². The Labute approximate surface area is 147 Å². The molecule has 1 aliphatic heterocycles. The lowest BCUT2D eigenvalue weighted by Gasteiger charge is -2.36. The van der Waals surface area contributed by atoms with Crippen molar-refractivity contribution >= 4 is 38.7 Å². The summed E-state index contributed by atoms with van der Waals surface area (Å²) in [5, 5.41) is 2.09. The van der Waals surface area contributed by atoms with Crippen LogP contribution in [0.25, 0.3) is 0 Å². The fraction of sp³-hybridized carbons (Fsp3) is 0.353. The number of halogens is 2. The van der Waals surface area contributed by atoms with Gasteiger partial charge in [0.25, 0.3) is 0 Å². The topological polar surface area (TPSA) is 23.6 Å². The van der Waals surface area contributed by atoms with Crippen LogP contribution in [0, 0.1) is 5.82 Å². The molecule has 1 fully saturated rings. The van der Waals surface area contributed by atoms with Crippen molar-refractivity contribution in [2.24, 2.45) is 0 Å². The highest BCUT2D eigenvalue weighted by molar-refractivity contribution is 9.10. The second kappa shape index (κ2) is 7.11. The molecule has 0 atom stereocenters. The summed E-state index contributed by atoms with van der Waals surface area (Å²) in [5.74, 6) is -0.421. The van der Waals surface area contributed by atoms with Crippen LogP contribution in [0.1, 0.15) is 22.2 Å². The Hall–Kier alpha value is -1.24. The molecule has 3 rings (SSSR count). The quantitative estimate of drug-likeness (QED) is 0.724. The first-order valence-electron chi connectivity index (χ1n) is 7.53. The Kier molecular flexibility index (Phi) is 5.14. The van der Waals surface area contributed by atoms with Crippen LogP contribution in [0.4, 0.5) is 10.1 Å². The molecule has 0 radical (unpaired) electrons. The molecule has 0 bridgehead atoms. The molecule has 3 nitrogen and oxygen atoms in total. The molecular formula is C17H18BrFN2OS. The van der Waals surface area contributed by atoms with E-state index in [0.29, 0.717) is 11.3 Å². The molecule has 2 aromatic rings. The van der Waals surface area contributed by atoms with Crippen LogP contribution < -0.4 is 4.90 Å². The van der Waals surface area contributed by atoms with E-state index in [1.807, 2.05) is 0 Å². The van der Waals surface area contributed by atoms with Gasteiger partial charge in [-0.15, -0.1) is 11.3 Å². The maximum atomic E-state index is 14.2. The largest absolute Gasteiger partial charge is 0.367 e. The summed E-state index contributed by atoms with van der Waals surface area (Å²) in [4.78, 5) is 17.1. The maximum Gasteiger partial charge on any atom is 0.159 e. The van der Waals surface area contributed by atoms with Crippen LogP contribution >= 0.6 is 27.3 Å². The molecule has 0 spiro atoms. The monoisotopic (exact) mass is 396 g/mol. The molecule has 122 valence electrons. The molecule has 0 aliphatic carbocycles. The first kappa shape index (κ1) is 16.6. The number of ketones is 1. The summed E-state index contributed by atoms with van der Waals surface area (Å²) in [5.41, 5.74) is 1.02. The van der Waals surface area contributed by atoms with E-state index in [9.17, 15) is 9.18 Å². The van der Waals surface area contributed by atoms with E-state index in [4.69, 9.17) is 0 Å². The van der Waals surface area contributed by atoms with Gasteiger partial charge in [-0.25, -0.2) is 4.39 Å². The molecule has 0 unspecified atom stereocenters. The van der Waals surface area contributed by atoms with Gasteiger partial charge < -0.3 is 4.90 Å². The number of carbonyl (C=O) groups is 1. The molecule has 0 saturated carbocycles. The van der Waals surface area contributed by atoms with E-state index in [0.717, 1.165) is 37.2 Å². The zero-order valence-electron chi connectivity index (χ0n) is 12.9. The van der Waals surface area contributed by atoms with E-state index in [-0.39, 0.29) is 11.6 Å². The van der Waals surface area contributed by atoms with Gasteiger partial charge in [-0.2, -0.15) is 0 Å². The van der Waals surface area contributed by atoms with Crippen molar-refractivity contribution in [3.05, 3.63) is 50.4 Å². The van der Waals surface area contributed by atoms with Gasteiger partial charge in [0.15, 0.2) is 5.78 Å². The Morgan fingerprint density at radius 1 is 1.26 bits per heavy atom. The Morgan fingerprint density at radius 2 is 2.00 bits per heavy atom.